The van der Waals surface area contributed by atoms with Crippen molar-refractivity contribution in [2.24, 2.45) is 0 Å². The van der Waals surface area contributed by atoms with Crippen molar-refractivity contribution in [3.05, 3.63) is 46.7 Å². The van der Waals surface area contributed by atoms with Crippen molar-refractivity contribution in [1.82, 2.24) is 5.32 Å². The molecule has 2 rings (SSSR count). The van der Waals surface area contributed by atoms with Crippen LogP contribution in [-0.4, -0.2) is 35.4 Å². The molecule has 100 valence electrons. The number of amides is 1. The van der Waals surface area contributed by atoms with Crippen LogP contribution in [0.15, 0.2) is 41.8 Å². The van der Waals surface area contributed by atoms with Crippen LogP contribution in [0.2, 0.25) is 0 Å². The van der Waals surface area contributed by atoms with Crippen LogP contribution in [0, 0.1) is 0 Å². The van der Waals surface area contributed by atoms with Gasteiger partial charge in [-0.15, -0.1) is 11.3 Å². The Labute approximate surface area is 115 Å². The second kappa shape index (κ2) is 6.47. The number of aliphatic hydroxyl groups is 2. The van der Waals surface area contributed by atoms with E-state index in [0.717, 1.165) is 11.1 Å². The van der Waals surface area contributed by atoms with Gasteiger partial charge >= 0.3 is 0 Å². The third-order valence-electron chi connectivity index (χ3n) is 2.73. The SMILES string of the molecule is O=C(NC(CO)CO)c1sccc1-c1ccccc1. The van der Waals surface area contributed by atoms with Crippen LogP contribution in [0.5, 0.6) is 0 Å². The Bertz CT molecular complexity index is 535. The van der Waals surface area contributed by atoms with Crippen LogP contribution in [0.1, 0.15) is 9.67 Å². The smallest absolute Gasteiger partial charge is 0.262 e. The van der Waals surface area contributed by atoms with E-state index in [1.807, 2.05) is 41.8 Å². The molecule has 3 N–H and O–H groups in total. The molecule has 0 unspecified atom stereocenters. The number of benzene rings is 1. The molecule has 0 spiro atoms. The first-order valence-electron chi connectivity index (χ1n) is 5.91. The van der Waals surface area contributed by atoms with E-state index in [1.54, 1.807) is 0 Å². The summed E-state index contributed by atoms with van der Waals surface area (Å²) >= 11 is 1.34. The highest BCUT2D eigenvalue weighted by atomic mass is 32.1. The van der Waals surface area contributed by atoms with Gasteiger partial charge in [0, 0.05) is 5.56 Å². The summed E-state index contributed by atoms with van der Waals surface area (Å²) < 4.78 is 0. The first kappa shape index (κ1) is 13.7. The summed E-state index contributed by atoms with van der Waals surface area (Å²) in [7, 11) is 0. The average molecular weight is 277 g/mol. The Hall–Kier alpha value is -1.69. The van der Waals surface area contributed by atoms with Crippen molar-refractivity contribution >= 4 is 17.2 Å². The quantitative estimate of drug-likeness (QED) is 0.775. The molecule has 1 heterocycles. The molecule has 0 aliphatic heterocycles. The molecule has 4 nitrogen and oxygen atoms in total. The average Bonchev–Trinajstić information content (AvgIpc) is 2.95. The number of thiophene rings is 1. The first-order valence-corrected chi connectivity index (χ1v) is 6.79. The van der Waals surface area contributed by atoms with Crippen molar-refractivity contribution < 1.29 is 15.0 Å². The lowest BCUT2D eigenvalue weighted by Gasteiger charge is -2.13. The maximum atomic E-state index is 12.1. The molecule has 0 fully saturated rings. The van der Waals surface area contributed by atoms with Gasteiger partial charge in [0.15, 0.2) is 0 Å². The molecule has 2 aromatic rings. The van der Waals surface area contributed by atoms with E-state index < -0.39 is 6.04 Å². The second-order valence-electron chi connectivity index (χ2n) is 4.06. The predicted molar refractivity (Wildman–Crippen MR) is 75.2 cm³/mol. The molecular formula is C14H15NO3S. The zero-order valence-electron chi connectivity index (χ0n) is 10.2. The number of hydrogen-bond donors (Lipinski definition) is 3. The topological polar surface area (TPSA) is 69.6 Å². The number of carbonyl (C=O) groups is 1. The third kappa shape index (κ3) is 3.20. The van der Waals surface area contributed by atoms with Crippen molar-refractivity contribution in [1.29, 1.82) is 0 Å². The van der Waals surface area contributed by atoms with Gasteiger partial charge in [-0.1, -0.05) is 30.3 Å². The standard InChI is InChI=1S/C14H15NO3S/c16-8-11(9-17)15-14(18)13-12(6-7-19-13)10-4-2-1-3-5-10/h1-7,11,16-17H,8-9H2,(H,15,18). The van der Waals surface area contributed by atoms with Crippen LogP contribution in [-0.2, 0) is 0 Å². The third-order valence-corrected chi connectivity index (χ3v) is 3.65. The number of hydrogen-bond acceptors (Lipinski definition) is 4. The van der Waals surface area contributed by atoms with E-state index in [4.69, 9.17) is 10.2 Å². The predicted octanol–water partition coefficient (Wildman–Crippen LogP) is 1.50. The Kier molecular flexibility index (Phi) is 4.68. The molecule has 0 saturated carbocycles. The van der Waals surface area contributed by atoms with Crippen molar-refractivity contribution in [3.63, 3.8) is 0 Å². The summed E-state index contributed by atoms with van der Waals surface area (Å²) in [6.07, 6.45) is 0. The normalized spacial score (nSPS) is 10.7. The Morgan fingerprint density at radius 1 is 1.16 bits per heavy atom. The number of aliphatic hydroxyl groups excluding tert-OH is 2. The maximum absolute atomic E-state index is 12.1. The molecule has 1 aromatic heterocycles. The first-order chi connectivity index (χ1) is 9.26. The van der Waals surface area contributed by atoms with Crippen molar-refractivity contribution in [3.8, 4) is 11.1 Å². The minimum Gasteiger partial charge on any atom is -0.394 e. The van der Waals surface area contributed by atoms with E-state index in [1.165, 1.54) is 11.3 Å². The molecule has 0 aliphatic carbocycles. The zero-order chi connectivity index (χ0) is 13.7. The highest BCUT2D eigenvalue weighted by molar-refractivity contribution is 7.12. The molecule has 5 heteroatoms. The van der Waals surface area contributed by atoms with Gasteiger partial charge in [-0.05, 0) is 17.0 Å². The summed E-state index contributed by atoms with van der Waals surface area (Å²) in [5.41, 5.74) is 1.83. The minimum absolute atomic E-state index is 0.276. The summed E-state index contributed by atoms with van der Waals surface area (Å²) in [5, 5.41) is 22.4. The largest absolute Gasteiger partial charge is 0.394 e. The van der Waals surface area contributed by atoms with Gasteiger partial charge < -0.3 is 15.5 Å². The van der Waals surface area contributed by atoms with E-state index in [0.29, 0.717) is 4.88 Å². The molecular weight excluding hydrogens is 262 g/mol. The van der Waals surface area contributed by atoms with Crippen LogP contribution in [0.4, 0.5) is 0 Å². The van der Waals surface area contributed by atoms with Gasteiger partial charge in [0.2, 0.25) is 0 Å². The fourth-order valence-electron chi connectivity index (χ4n) is 1.73. The Morgan fingerprint density at radius 3 is 2.47 bits per heavy atom. The van der Waals surface area contributed by atoms with Crippen molar-refractivity contribution in [2.75, 3.05) is 13.2 Å². The second-order valence-corrected chi connectivity index (χ2v) is 4.98. The van der Waals surface area contributed by atoms with Crippen LogP contribution >= 0.6 is 11.3 Å². The van der Waals surface area contributed by atoms with Crippen LogP contribution in [0.3, 0.4) is 0 Å². The maximum Gasteiger partial charge on any atom is 0.262 e. The van der Waals surface area contributed by atoms with E-state index in [9.17, 15) is 4.79 Å². The van der Waals surface area contributed by atoms with Gasteiger partial charge in [0.1, 0.15) is 0 Å². The fraction of sp³-hybridized carbons (Fsp3) is 0.214. The number of carbonyl (C=O) groups excluding carboxylic acids is 1. The molecule has 19 heavy (non-hydrogen) atoms. The summed E-state index contributed by atoms with van der Waals surface area (Å²) in [6, 6.07) is 10.9. The Balaban J connectivity index is 2.23. The zero-order valence-corrected chi connectivity index (χ0v) is 11.1. The lowest BCUT2D eigenvalue weighted by Crippen LogP contribution is -2.39. The molecule has 0 bridgehead atoms. The van der Waals surface area contributed by atoms with Gasteiger partial charge in [0.25, 0.3) is 5.91 Å². The summed E-state index contributed by atoms with van der Waals surface area (Å²) in [5.74, 6) is -0.276. The minimum atomic E-state index is -0.627. The van der Waals surface area contributed by atoms with Gasteiger partial charge in [-0.3, -0.25) is 4.79 Å². The monoisotopic (exact) mass is 277 g/mol. The number of nitrogens with one attached hydrogen (secondary N) is 1. The van der Waals surface area contributed by atoms with Crippen LogP contribution in [0.25, 0.3) is 11.1 Å². The number of rotatable bonds is 5. The molecule has 0 aliphatic rings. The summed E-state index contributed by atoms with van der Waals surface area (Å²) in [4.78, 5) is 12.7. The summed E-state index contributed by atoms with van der Waals surface area (Å²) in [6.45, 7) is -0.567. The molecule has 0 saturated heterocycles. The van der Waals surface area contributed by atoms with E-state index in [2.05, 4.69) is 5.32 Å². The van der Waals surface area contributed by atoms with E-state index in [-0.39, 0.29) is 19.1 Å². The molecule has 1 amide bonds. The fourth-order valence-corrected chi connectivity index (χ4v) is 2.55. The highest BCUT2D eigenvalue weighted by Gasteiger charge is 2.17. The Morgan fingerprint density at radius 2 is 1.84 bits per heavy atom. The van der Waals surface area contributed by atoms with Gasteiger partial charge in [0.05, 0.1) is 24.1 Å². The molecule has 0 radical (unpaired) electrons. The van der Waals surface area contributed by atoms with E-state index >= 15 is 0 Å². The van der Waals surface area contributed by atoms with Gasteiger partial charge in [-0.25, -0.2) is 0 Å². The molecule has 0 atom stereocenters. The van der Waals surface area contributed by atoms with Crippen molar-refractivity contribution in [2.45, 2.75) is 6.04 Å². The lowest BCUT2D eigenvalue weighted by molar-refractivity contribution is 0.0884. The lowest BCUT2D eigenvalue weighted by atomic mass is 10.1. The highest BCUT2D eigenvalue weighted by Crippen LogP contribution is 2.28. The van der Waals surface area contributed by atoms with Gasteiger partial charge in [-0.2, -0.15) is 0 Å². The molecule has 1 aromatic carbocycles. The van der Waals surface area contributed by atoms with Crippen LogP contribution < -0.4 is 5.32 Å².